The number of hydrogen-bond acceptors (Lipinski definition) is 4. The molecule has 0 aliphatic heterocycles. The summed E-state index contributed by atoms with van der Waals surface area (Å²) in [5.74, 6) is 1.47. The van der Waals surface area contributed by atoms with Crippen molar-refractivity contribution in [1.82, 2.24) is 25.4 Å². The van der Waals surface area contributed by atoms with Gasteiger partial charge in [-0.3, -0.25) is 9.67 Å². The van der Waals surface area contributed by atoms with Gasteiger partial charge in [0, 0.05) is 39.1 Å². The van der Waals surface area contributed by atoms with Gasteiger partial charge in [-0.15, -0.1) is 0 Å². The maximum atomic E-state index is 5.97. The van der Waals surface area contributed by atoms with Crippen LogP contribution in [0.3, 0.4) is 0 Å². The van der Waals surface area contributed by atoms with Gasteiger partial charge in [-0.25, -0.2) is 4.98 Å². The first-order chi connectivity index (χ1) is 12.7. The quantitative estimate of drug-likeness (QED) is 0.614. The highest BCUT2D eigenvalue weighted by Crippen LogP contribution is 2.22. The first-order valence-electron chi connectivity index (χ1n) is 9.27. The highest BCUT2D eigenvalue weighted by atomic mass is 16.5. The number of aryl methyl sites for hydroxylation is 1. The van der Waals surface area contributed by atoms with Gasteiger partial charge < -0.3 is 15.4 Å². The molecule has 0 bridgehead atoms. The molecule has 0 spiro atoms. The van der Waals surface area contributed by atoms with Gasteiger partial charge in [0.2, 0.25) is 5.88 Å². The fourth-order valence-corrected chi connectivity index (χ4v) is 3.09. The summed E-state index contributed by atoms with van der Waals surface area (Å²) >= 11 is 0. The summed E-state index contributed by atoms with van der Waals surface area (Å²) in [4.78, 5) is 8.69. The third-order valence-corrected chi connectivity index (χ3v) is 4.68. The molecule has 0 atom stereocenters. The number of nitrogens with one attached hydrogen (secondary N) is 2. The number of ether oxygens (including phenoxy) is 1. The maximum Gasteiger partial charge on any atom is 0.213 e. The van der Waals surface area contributed by atoms with Crippen LogP contribution in [0.5, 0.6) is 5.88 Å². The number of pyridine rings is 1. The van der Waals surface area contributed by atoms with E-state index in [1.54, 1.807) is 13.2 Å². The monoisotopic (exact) mass is 356 g/mol. The average Bonchev–Trinajstić information content (AvgIpc) is 3.09. The van der Waals surface area contributed by atoms with E-state index in [0.717, 1.165) is 35.9 Å². The standard InChI is InChI=1S/C19H28N6O/c1-20-19(23-14-16-10-11-24-25(16)2)22-13-15-8-9-18(21-12-15)26-17-6-4-3-5-7-17/h8-12,17H,3-7,13-14H2,1-2H3,(H2,20,22,23). The van der Waals surface area contributed by atoms with Gasteiger partial charge in [0.15, 0.2) is 5.96 Å². The molecule has 2 heterocycles. The molecule has 0 saturated heterocycles. The fraction of sp³-hybridized carbons (Fsp3) is 0.526. The molecular weight excluding hydrogens is 328 g/mol. The van der Waals surface area contributed by atoms with Crippen LogP contribution in [0.25, 0.3) is 0 Å². The van der Waals surface area contributed by atoms with Crippen LogP contribution < -0.4 is 15.4 Å². The Morgan fingerprint density at radius 3 is 2.65 bits per heavy atom. The third kappa shape index (κ3) is 5.21. The molecule has 140 valence electrons. The van der Waals surface area contributed by atoms with Crippen molar-refractivity contribution in [2.75, 3.05) is 7.05 Å². The minimum absolute atomic E-state index is 0.329. The molecule has 1 fully saturated rings. The Bertz CT molecular complexity index is 703. The first-order valence-corrected chi connectivity index (χ1v) is 9.27. The van der Waals surface area contributed by atoms with Crippen molar-refractivity contribution in [2.45, 2.75) is 51.3 Å². The molecule has 1 saturated carbocycles. The molecule has 2 aromatic heterocycles. The number of aliphatic imine (C=N–C) groups is 1. The molecule has 2 aromatic rings. The van der Waals surface area contributed by atoms with Gasteiger partial charge >= 0.3 is 0 Å². The Morgan fingerprint density at radius 2 is 2.00 bits per heavy atom. The van der Waals surface area contributed by atoms with Crippen molar-refractivity contribution in [3.05, 3.63) is 41.9 Å². The van der Waals surface area contributed by atoms with Crippen LogP contribution in [0.15, 0.2) is 35.6 Å². The van der Waals surface area contributed by atoms with E-state index in [0.29, 0.717) is 19.2 Å². The number of aromatic nitrogens is 3. The minimum atomic E-state index is 0.329. The second kappa shape index (κ2) is 9.22. The van der Waals surface area contributed by atoms with Crippen LogP contribution in [0.2, 0.25) is 0 Å². The lowest BCUT2D eigenvalue weighted by molar-refractivity contribution is 0.148. The van der Waals surface area contributed by atoms with Gasteiger partial charge in [0.05, 0.1) is 12.2 Å². The van der Waals surface area contributed by atoms with E-state index in [2.05, 4.69) is 25.7 Å². The lowest BCUT2D eigenvalue weighted by Gasteiger charge is -2.22. The second-order valence-corrected chi connectivity index (χ2v) is 6.61. The molecule has 0 radical (unpaired) electrons. The van der Waals surface area contributed by atoms with Crippen molar-refractivity contribution in [2.24, 2.45) is 12.0 Å². The van der Waals surface area contributed by atoms with E-state index in [9.17, 15) is 0 Å². The van der Waals surface area contributed by atoms with E-state index in [4.69, 9.17) is 4.74 Å². The summed E-state index contributed by atoms with van der Waals surface area (Å²) in [6.45, 7) is 1.32. The average molecular weight is 356 g/mol. The Balaban J connectivity index is 1.45. The van der Waals surface area contributed by atoms with E-state index < -0.39 is 0 Å². The predicted octanol–water partition coefficient (Wildman–Crippen LogP) is 2.39. The normalized spacial score (nSPS) is 15.7. The number of hydrogen-bond donors (Lipinski definition) is 2. The van der Waals surface area contributed by atoms with Gasteiger partial charge in [-0.1, -0.05) is 12.5 Å². The number of guanidine groups is 1. The number of rotatable bonds is 6. The largest absolute Gasteiger partial charge is 0.474 e. The highest BCUT2D eigenvalue weighted by Gasteiger charge is 2.15. The summed E-state index contributed by atoms with van der Waals surface area (Å²) in [6.07, 6.45) is 10.1. The predicted molar refractivity (Wildman–Crippen MR) is 102 cm³/mol. The van der Waals surface area contributed by atoms with E-state index >= 15 is 0 Å². The molecule has 0 unspecified atom stereocenters. The van der Waals surface area contributed by atoms with Gasteiger partial charge in [0.1, 0.15) is 6.10 Å². The molecule has 26 heavy (non-hydrogen) atoms. The molecule has 7 nitrogen and oxygen atoms in total. The minimum Gasteiger partial charge on any atom is -0.474 e. The molecule has 0 aromatic carbocycles. The van der Waals surface area contributed by atoms with Crippen LogP contribution >= 0.6 is 0 Å². The summed E-state index contributed by atoms with van der Waals surface area (Å²) in [5.41, 5.74) is 2.18. The van der Waals surface area contributed by atoms with Gasteiger partial charge in [0.25, 0.3) is 0 Å². The summed E-state index contributed by atoms with van der Waals surface area (Å²) in [5, 5.41) is 10.7. The summed E-state index contributed by atoms with van der Waals surface area (Å²) in [7, 11) is 3.69. The van der Waals surface area contributed by atoms with Crippen molar-refractivity contribution >= 4 is 5.96 Å². The molecule has 1 aliphatic rings. The van der Waals surface area contributed by atoms with Gasteiger partial charge in [-0.05, 0) is 37.3 Å². The van der Waals surface area contributed by atoms with E-state index in [-0.39, 0.29) is 0 Å². The molecule has 7 heteroatoms. The third-order valence-electron chi connectivity index (χ3n) is 4.68. The Morgan fingerprint density at radius 1 is 1.19 bits per heavy atom. The van der Waals surface area contributed by atoms with Crippen LogP contribution in [0.1, 0.15) is 43.4 Å². The van der Waals surface area contributed by atoms with Crippen LogP contribution in [0, 0.1) is 0 Å². The Labute approximate surface area is 154 Å². The zero-order valence-corrected chi connectivity index (χ0v) is 15.6. The summed E-state index contributed by atoms with van der Waals surface area (Å²) in [6, 6.07) is 5.99. The molecular formula is C19H28N6O. The van der Waals surface area contributed by atoms with Crippen molar-refractivity contribution in [1.29, 1.82) is 0 Å². The van der Waals surface area contributed by atoms with Crippen LogP contribution in [-0.4, -0.2) is 33.9 Å². The Hall–Kier alpha value is -2.57. The molecule has 0 amide bonds. The second-order valence-electron chi connectivity index (χ2n) is 6.61. The molecule has 2 N–H and O–H groups in total. The Kier molecular flexibility index (Phi) is 6.46. The molecule has 3 rings (SSSR count). The van der Waals surface area contributed by atoms with Gasteiger partial charge in [-0.2, -0.15) is 5.10 Å². The van der Waals surface area contributed by atoms with Crippen LogP contribution in [-0.2, 0) is 20.1 Å². The smallest absolute Gasteiger partial charge is 0.213 e. The van der Waals surface area contributed by atoms with E-state index in [1.165, 1.54) is 19.3 Å². The van der Waals surface area contributed by atoms with Crippen LogP contribution in [0.4, 0.5) is 0 Å². The van der Waals surface area contributed by atoms with E-state index in [1.807, 2.05) is 36.1 Å². The molecule has 1 aliphatic carbocycles. The maximum absolute atomic E-state index is 5.97. The van der Waals surface area contributed by atoms with Crippen molar-refractivity contribution in [3.8, 4) is 5.88 Å². The zero-order valence-electron chi connectivity index (χ0n) is 15.6. The lowest BCUT2D eigenvalue weighted by Crippen LogP contribution is -2.36. The zero-order chi connectivity index (χ0) is 18.2. The highest BCUT2D eigenvalue weighted by molar-refractivity contribution is 5.79. The first kappa shape index (κ1) is 18.2. The number of nitrogens with zero attached hydrogens (tertiary/aromatic N) is 4. The van der Waals surface area contributed by atoms with Crippen molar-refractivity contribution in [3.63, 3.8) is 0 Å². The topological polar surface area (TPSA) is 76.4 Å². The lowest BCUT2D eigenvalue weighted by atomic mass is 9.98. The fourth-order valence-electron chi connectivity index (χ4n) is 3.09. The van der Waals surface area contributed by atoms with Crippen molar-refractivity contribution < 1.29 is 4.74 Å². The summed E-state index contributed by atoms with van der Waals surface area (Å²) < 4.78 is 7.81. The SMILES string of the molecule is CN=C(NCc1ccc(OC2CCCCC2)nc1)NCc1ccnn1C.